The van der Waals surface area contributed by atoms with Gasteiger partial charge in [0.1, 0.15) is 0 Å². The van der Waals surface area contributed by atoms with Crippen LogP contribution in [0, 0.1) is 11.3 Å². The molecule has 0 aliphatic carbocycles. The fourth-order valence-electron chi connectivity index (χ4n) is 3.43. The highest BCUT2D eigenvalue weighted by molar-refractivity contribution is 7.79. The van der Waals surface area contributed by atoms with E-state index in [-0.39, 0.29) is 5.92 Å². The molecule has 0 aliphatic rings. The van der Waals surface area contributed by atoms with Gasteiger partial charge in [0, 0.05) is 0 Å². The van der Waals surface area contributed by atoms with E-state index in [1.165, 1.54) is 15.9 Å². The molecule has 0 bridgehead atoms. The molecule has 1 unspecified atom stereocenters. The zero-order chi connectivity index (χ0) is 19.2. The van der Waals surface area contributed by atoms with Crippen molar-refractivity contribution >= 4 is 23.8 Å². The number of nitriles is 1. The van der Waals surface area contributed by atoms with E-state index in [0.717, 1.165) is 11.1 Å². The quantitative estimate of drug-likeness (QED) is 0.444. The summed E-state index contributed by atoms with van der Waals surface area (Å²) in [5.74, 6) is -0.260. The highest BCUT2D eigenvalue weighted by atomic mass is 31.1. The molecule has 4 aromatic carbocycles. The van der Waals surface area contributed by atoms with Gasteiger partial charge in [-0.15, -0.1) is 0 Å². The molecule has 0 saturated carbocycles. The zero-order valence-corrected chi connectivity index (χ0v) is 16.3. The van der Waals surface area contributed by atoms with Crippen LogP contribution in [0.1, 0.15) is 17.0 Å². The second-order valence-electron chi connectivity index (χ2n) is 6.57. The van der Waals surface area contributed by atoms with Crippen LogP contribution >= 0.6 is 7.92 Å². The third-order valence-electron chi connectivity index (χ3n) is 4.75. The Kier molecular flexibility index (Phi) is 5.62. The van der Waals surface area contributed by atoms with E-state index >= 15 is 0 Å². The molecule has 0 aromatic heterocycles. The Balaban J connectivity index is 1.81. The average Bonchev–Trinajstić information content (AvgIpc) is 2.77. The Morgan fingerprint density at radius 1 is 0.536 bits per heavy atom. The minimum atomic E-state index is -0.670. The lowest BCUT2D eigenvalue weighted by molar-refractivity contribution is 1.04. The number of benzene rings is 4. The maximum absolute atomic E-state index is 9.85. The van der Waals surface area contributed by atoms with E-state index in [1.807, 2.05) is 30.3 Å². The lowest BCUT2D eigenvalue weighted by atomic mass is 9.93. The maximum Gasteiger partial charge on any atom is 0.0963 e. The van der Waals surface area contributed by atoms with E-state index in [9.17, 15) is 5.26 Å². The van der Waals surface area contributed by atoms with Gasteiger partial charge >= 0.3 is 0 Å². The second-order valence-corrected chi connectivity index (χ2v) is 8.79. The topological polar surface area (TPSA) is 23.8 Å². The van der Waals surface area contributed by atoms with Crippen molar-refractivity contribution in [2.45, 2.75) is 5.92 Å². The third kappa shape index (κ3) is 3.89. The molecular weight excluding hydrogens is 357 g/mol. The maximum atomic E-state index is 9.85. The normalized spacial score (nSPS) is 11.7. The van der Waals surface area contributed by atoms with E-state index in [0.29, 0.717) is 0 Å². The molecule has 1 nitrogen and oxygen atoms in total. The van der Waals surface area contributed by atoms with Gasteiger partial charge in [0.05, 0.1) is 12.0 Å². The highest BCUT2D eigenvalue weighted by Gasteiger charge is 2.19. The molecule has 0 fully saturated rings. The minimum Gasteiger partial charge on any atom is -0.197 e. The number of hydrogen-bond donors (Lipinski definition) is 0. The summed E-state index contributed by atoms with van der Waals surface area (Å²) in [6.45, 7) is 0. The first-order chi connectivity index (χ1) is 13.9. The van der Waals surface area contributed by atoms with E-state index in [1.54, 1.807) is 0 Å². The summed E-state index contributed by atoms with van der Waals surface area (Å²) in [6.07, 6.45) is 0. The minimum absolute atomic E-state index is 0.260. The van der Waals surface area contributed by atoms with Gasteiger partial charge < -0.3 is 0 Å². The summed E-state index contributed by atoms with van der Waals surface area (Å²) in [5.41, 5.74) is 2.08. The Bertz CT molecular complexity index is 1030. The molecule has 0 heterocycles. The Morgan fingerprint density at radius 2 is 1.00 bits per heavy atom. The van der Waals surface area contributed by atoms with Crippen LogP contribution < -0.4 is 15.9 Å². The zero-order valence-electron chi connectivity index (χ0n) is 15.4. The van der Waals surface area contributed by atoms with Gasteiger partial charge in [-0.2, -0.15) is 5.26 Å². The van der Waals surface area contributed by atoms with Gasteiger partial charge in [0.15, 0.2) is 0 Å². The fourth-order valence-corrected chi connectivity index (χ4v) is 5.78. The van der Waals surface area contributed by atoms with Gasteiger partial charge in [-0.3, -0.25) is 0 Å². The van der Waals surface area contributed by atoms with Gasteiger partial charge in [0.2, 0.25) is 0 Å². The lowest BCUT2D eigenvalue weighted by Crippen LogP contribution is -2.21. The molecule has 134 valence electrons. The monoisotopic (exact) mass is 377 g/mol. The SMILES string of the molecule is N#CC(c1ccccc1)c1cccc(P(c2ccccc2)c2ccccc2)c1. The van der Waals surface area contributed by atoms with Crippen LogP contribution in [0.15, 0.2) is 115 Å². The molecule has 4 aromatic rings. The molecule has 0 radical (unpaired) electrons. The van der Waals surface area contributed by atoms with Crippen molar-refractivity contribution in [1.29, 1.82) is 5.26 Å². The molecule has 0 N–H and O–H groups in total. The number of rotatable bonds is 5. The van der Waals surface area contributed by atoms with Crippen LogP contribution in [0.25, 0.3) is 0 Å². The van der Waals surface area contributed by atoms with Crippen molar-refractivity contribution < 1.29 is 0 Å². The molecule has 0 aliphatic heterocycles. The summed E-state index contributed by atoms with van der Waals surface area (Å²) in [6, 6.07) is 42.3. The van der Waals surface area contributed by atoms with Gasteiger partial charge in [0.25, 0.3) is 0 Å². The van der Waals surface area contributed by atoms with Crippen molar-refractivity contribution in [3.8, 4) is 6.07 Å². The third-order valence-corrected chi connectivity index (χ3v) is 7.18. The van der Waals surface area contributed by atoms with E-state index in [2.05, 4.69) is 91.0 Å². The first-order valence-electron chi connectivity index (χ1n) is 9.31. The van der Waals surface area contributed by atoms with Crippen LogP contribution in [0.2, 0.25) is 0 Å². The van der Waals surface area contributed by atoms with Crippen LogP contribution in [0.4, 0.5) is 0 Å². The standard InChI is InChI=1S/C26H20NP/c27-20-26(21-11-4-1-5-12-21)22-13-10-18-25(19-22)28(23-14-6-2-7-15-23)24-16-8-3-9-17-24/h1-19,26H. The first kappa shape index (κ1) is 18.2. The van der Waals surface area contributed by atoms with Crippen molar-refractivity contribution in [1.82, 2.24) is 0 Å². The summed E-state index contributed by atoms with van der Waals surface area (Å²) in [5, 5.41) is 13.7. The van der Waals surface area contributed by atoms with Crippen molar-refractivity contribution in [2.24, 2.45) is 0 Å². The number of hydrogen-bond acceptors (Lipinski definition) is 1. The number of nitrogens with zero attached hydrogens (tertiary/aromatic N) is 1. The Morgan fingerprint density at radius 3 is 1.54 bits per heavy atom. The van der Waals surface area contributed by atoms with Gasteiger partial charge in [-0.25, -0.2) is 0 Å². The Hall–Kier alpha value is -3.20. The fraction of sp³-hybridized carbons (Fsp3) is 0.0385. The molecule has 4 rings (SSSR count). The molecule has 0 spiro atoms. The summed E-state index contributed by atoms with van der Waals surface area (Å²) >= 11 is 0. The molecular formula is C26H20NP. The van der Waals surface area contributed by atoms with Crippen LogP contribution in [-0.4, -0.2) is 0 Å². The smallest absolute Gasteiger partial charge is 0.0963 e. The van der Waals surface area contributed by atoms with Crippen LogP contribution in [-0.2, 0) is 0 Å². The van der Waals surface area contributed by atoms with Crippen molar-refractivity contribution in [2.75, 3.05) is 0 Å². The molecule has 1 atom stereocenters. The van der Waals surface area contributed by atoms with Crippen LogP contribution in [0.3, 0.4) is 0 Å². The summed E-state index contributed by atoms with van der Waals surface area (Å²) < 4.78 is 0. The second kappa shape index (κ2) is 8.66. The summed E-state index contributed by atoms with van der Waals surface area (Å²) in [4.78, 5) is 0. The molecule has 0 saturated heterocycles. The van der Waals surface area contributed by atoms with E-state index in [4.69, 9.17) is 0 Å². The van der Waals surface area contributed by atoms with Gasteiger partial charge in [-0.05, 0) is 41.0 Å². The Labute approximate surface area is 167 Å². The average molecular weight is 377 g/mol. The van der Waals surface area contributed by atoms with Crippen LogP contribution in [0.5, 0.6) is 0 Å². The van der Waals surface area contributed by atoms with Crippen molar-refractivity contribution in [3.63, 3.8) is 0 Å². The van der Waals surface area contributed by atoms with E-state index < -0.39 is 7.92 Å². The predicted molar refractivity (Wildman–Crippen MR) is 119 cm³/mol. The molecule has 28 heavy (non-hydrogen) atoms. The lowest BCUT2D eigenvalue weighted by Gasteiger charge is -2.21. The molecule has 2 heteroatoms. The largest absolute Gasteiger partial charge is 0.197 e. The first-order valence-corrected chi connectivity index (χ1v) is 10.7. The highest BCUT2D eigenvalue weighted by Crippen LogP contribution is 2.34. The summed E-state index contributed by atoms with van der Waals surface area (Å²) in [7, 11) is -0.670. The predicted octanol–water partition coefficient (Wildman–Crippen LogP) is 5.10. The van der Waals surface area contributed by atoms with Gasteiger partial charge in [-0.1, -0.05) is 109 Å². The van der Waals surface area contributed by atoms with Crippen molar-refractivity contribution in [3.05, 3.63) is 126 Å². The molecule has 0 amide bonds.